The number of phenols is 2. The second-order valence-corrected chi connectivity index (χ2v) is 5.07. The van der Waals surface area contributed by atoms with Gasteiger partial charge in [0.15, 0.2) is 11.5 Å². The number of carboxylic acid groups (broad SMARTS) is 1. The molecule has 0 amide bonds. The summed E-state index contributed by atoms with van der Waals surface area (Å²) in [4.78, 5) is 11.4. The summed E-state index contributed by atoms with van der Waals surface area (Å²) >= 11 is 0. The van der Waals surface area contributed by atoms with E-state index in [-0.39, 0.29) is 23.1 Å². The lowest BCUT2D eigenvalue weighted by Crippen LogP contribution is -2.31. The van der Waals surface area contributed by atoms with E-state index < -0.39 is 5.97 Å². The van der Waals surface area contributed by atoms with Crippen LogP contribution in [0, 0.1) is 0 Å². The van der Waals surface area contributed by atoms with Crippen molar-refractivity contribution < 1.29 is 20.1 Å². The van der Waals surface area contributed by atoms with Crippen LogP contribution in [0.25, 0.3) is 0 Å². The molecule has 0 unspecified atom stereocenters. The van der Waals surface area contributed by atoms with Crippen molar-refractivity contribution in [1.29, 1.82) is 0 Å². The minimum Gasteiger partial charge on any atom is -0.504 e. The van der Waals surface area contributed by atoms with Crippen LogP contribution >= 0.6 is 0 Å². The summed E-state index contributed by atoms with van der Waals surface area (Å²) in [7, 11) is 0. The highest BCUT2D eigenvalue weighted by molar-refractivity contribution is 5.89. The quantitative estimate of drug-likeness (QED) is 0.634. The lowest BCUT2D eigenvalue weighted by molar-refractivity contribution is 0.0695. The van der Waals surface area contributed by atoms with Crippen LogP contribution in [0.2, 0.25) is 0 Å². The Hall–Kier alpha value is -2.53. The van der Waals surface area contributed by atoms with Crippen molar-refractivity contribution in [3.8, 4) is 11.5 Å². The summed E-state index contributed by atoms with van der Waals surface area (Å²) in [6.45, 7) is 0.676. The van der Waals surface area contributed by atoms with Gasteiger partial charge in [-0.1, -0.05) is 18.2 Å². The molecule has 1 aliphatic heterocycles. The van der Waals surface area contributed by atoms with Crippen LogP contribution in [0.5, 0.6) is 11.5 Å². The maximum absolute atomic E-state index is 11.4. The fourth-order valence-corrected chi connectivity index (χ4v) is 2.80. The first kappa shape index (κ1) is 13.5. The summed E-state index contributed by atoms with van der Waals surface area (Å²) in [5.74, 6) is -1.33. The predicted octanol–water partition coefficient (Wildman–Crippen LogP) is 2.03. The Balaban J connectivity index is 2.15. The van der Waals surface area contributed by atoms with Crippen LogP contribution in [-0.2, 0) is 6.42 Å². The summed E-state index contributed by atoms with van der Waals surface area (Å²) in [5.41, 5.74) is 2.59. The highest BCUT2D eigenvalue weighted by Crippen LogP contribution is 2.37. The monoisotopic (exact) mass is 285 g/mol. The third-order valence-electron chi connectivity index (χ3n) is 3.79. The molecule has 0 aromatic heterocycles. The first-order valence-corrected chi connectivity index (χ1v) is 6.68. The number of carbonyl (C=O) groups is 1. The van der Waals surface area contributed by atoms with Crippen molar-refractivity contribution in [2.75, 3.05) is 6.54 Å². The van der Waals surface area contributed by atoms with Gasteiger partial charge in [-0.2, -0.15) is 0 Å². The van der Waals surface area contributed by atoms with E-state index in [1.807, 2.05) is 0 Å². The van der Waals surface area contributed by atoms with Crippen LogP contribution < -0.4 is 5.32 Å². The molecule has 0 spiro atoms. The van der Waals surface area contributed by atoms with Gasteiger partial charge in [-0.3, -0.25) is 0 Å². The van der Waals surface area contributed by atoms with Crippen LogP contribution in [0.3, 0.4) is 0 Å². The number of phenolic OH excluding ortho intramolecular Hbond substituents is 2. The molecule has 2 aromatic carbocycles. The summed E-state index contributed by atoms with van der Waals surface area (Å²) < 4.78 is 0. The number of hydrogen-bond donors (Lipinski definition) is 4. The number of rotatable bonds is 2. The minimum absolute atomic E-state index is 0.152. The first-order chi connectivity index (χ1) is 10.1. The highest BCUT2D eigenvalue weighted by atomic mass is 16.4. The third kappa shape index (κ3) is 2.32. The molecule has 108 valence electrons. The van der Waals surface area contributed by atoms with Gasteiger partial charge in [0.25, 0.3) is 0 Å². The number of aromatic carboxylic acids is 1. The highest BCUT2D eigenvalue weighted by Gasteiger charge is 2.26. The molecule has 0 saturated carbocycles. The van der Waals surface area contributed by atoms with Crippen molar-refractivity contribution >= 4 is 5.97 Å². The largest absolute Gasteiger partial charge is 0.504 e. The second-order valence-electron chi connectivity index (χ2n) is 5.07. The van der Waals surface area contributed by atoms with Crippen LogP contribution in [0.15, 0.2) is 36.4 Å². The van der Waals surface area contributed by atoms with Gasteiger partial charge in [0.05, 0.1) is 11.6 Å². The molecule has 0 fully saturated rings. The van der Waals surface area contributed by atoms with Gasteiger partial charge < -0.3 is 20.6 Å². The maximum Gasteiger partial charge on any atom is 0.336 e. The summed E-state index contributed by atoms with van der Waals surface area (Å²) in [6, 6.07) is 9.53. The molecule has 1 atom stereocenters. The molecule has 3 rings (SSSR count). The van der Waals surface area contributed by atoms with E-state index in [0.29, 0.717) is 12.1 Å². The Labute approximate surface area is 121 Å². The van der Waals surface area contributed by atoms with E-state index in [4.69, 9.17) is 0 Å². The Kier molecular flexibility index (Phi) is 3.27. The number of nitrogens with one attached hydrogen (secondary N) is 1. The van der Waals surface area contributed by atoms with Crippen LogP contribution in [0.4, 0.5) is 0 Å². The molecule has 2 aromatic rings. The maximum atomic E-state index is 11.4. The minimum atomic E-state index is -0.984. The normalized spacial score (nSPS) is 17.2. The Morgan fingerprint density at radius 1 is 1.10 bits per heavy atom. The molecule has 1 heterocycles. The molecule has 1 aliphatic rings. The van der Waals surface area contributed by atoms with Gasteiger partial charge >= 0.3 is 5.97 Å². The molecule has 5 heteroatoms. The van der Waals surface area contributed by atoms with E-state index in [9.17, 15) is 20.1 Å². The van der Waals surface area contributed by atoms with Gasteiger partial charge in [-0.25, -0.2) is 4.79 Å². The molecule has 21 heavy (non-hydrogen) atoms. The number of carboxylic acids is 1. The third-order valence-corrected chi connectivity index (χ3v) is 3.79. The van der Waals surface area contributed by atoms with E-state index in [1.54, 1.807) is 30.3 Å². The number of hydrogen-bond acceptors (Lipinski definition) is 4. The molecular weight excluding hydrogens is 270 g/mol. The molecule has 4 N–H and O–H groups in total. The summed E-state index contributed by atoms with van der Waals surface area (Å²) in [5, 5.41) is 31.9. The Morgan fingerprint density at radius 2 is 1.81 bits per heavy atom. The summed E-state index contributed by atoms with van der Waals surface area (Å²) in [6.07, 6.45) is 0.717. The molecule has 0 aliphatic carbocycles. The first-order valence-electron chi connectivity index (χ1n) is 6.68. The van der Waals surface area contributed by atoms with E-state index >= 15 is 0 Å². The number of aromatic hydroxyl groups is 2. The van der Waals surface area contributed by atoms with Crippen LogP contribution in [0.1, 0.15) is 33.1 Å². The molecule has 0 bridgehead atoms. The Morgan fingerprint density at radius 3 is 2.57 bits per heavy atom. The molecule has 5 nitrogen and oxygen atoms in total. The van der Waals surface area contributed by atoms with Gasteiger partial charge in [0, 0.05) is 6.54 Å². The van der Waals surface area contributed by atoms with E-state index in [1.165, 1.54) is 6.07 Å². The van der Waals surface area contributed by atoms with Gasteiger partial charge in [-0.15, -0.1) is 0 Å². The Bertz CT molecular complexity index is 711. The second kappa shape index (κ2) is 5.10. The molecule has 0 saturated heterocycles. The zero-order valence-corrected chi connectivity index (χ0v) is 11.2. The van der Waals surface area contributed by atoms with E-state index in [2.05, 4.69) is 5.32 Å². The zero-order valence-electron chi connectivity index (χ0n) is 11.2. The average Bonchev–Trinajstić information content (AvgIpc) is 2.48. The van der Waals surface area contributed by atoms with Crippen molar-refractivity contribution in [1.82, 2.24) is 5.32 Å². The van der Waals surface area contributed by atoms with Crippen molar-refractivity contribution in [2.45, 2.75) is 12.5 Å². The molecular formula is C16H15NO4. The van der Waals surface area contributed by atoms with Crippen LogP contribution in [-0.4, -0.2) is 27.8 Å². The zero-order chi connectivity index (χ0) is 15.0. The van der Waals surface area contributed by atoms with Crippen molar-refractivity contribution in [2.24, 2.45) is 0 Å². The number of benzene rings is 2. The van der Waals surface area contributed by atoms with Crippen molar-refractivity contribution in [3.05, 3.63) is 58.7 Å². The molecule has 0 radical (unpaired) electrons. The van der Waals surface area contributed by atoms with E-state index in [0.717, 1.165) is 17.5 Å². The topological polar surface area (TPSA) is 89.8 Å². The van der Waals surface area contributed by atoms with Gasteiger partial charge in [-0.05, 0) is 41.3 Å². The lowest BCUT2D eigenvalue weighted by atomic mass is 9.87. The van der Waals surface area contributed by atoms with Crippen molar-refractivity contribution in [3.63, 3.8) is 0 Å². The number of fused-ring (bicyclic) bond motifs is 1. The van der Waals surface area contributed by atoms with Gasteiger partial charge in [0.1, 0.15) is 0 Å². The lowest BCUT2D eigenvalue weighted by Gasteiger charge is -2.28. The van der Waals surface area contributed by atoms with Gasteiger partial charge in [0.2, 0.25) is 0 Å². The fraction of sp³-hybridized carbons (Fsp3) is 0.188. The standard InChI is InChI=1S/C16H15NO4/c18-13-7-9-5-6-17-15(12(9)8-14(13)19)10-3-1-2-4-11(10)16(20)21/h1-4,7-8,15,17-19H,5-6H2,(H,20,21)/t15-/m1/s1. The smallest absolute Gasteiger partial charge is 0.336 e. The predicted molar refractivity (Wildman–Crippen MR) is 76.7 cm³/mol. The SMILES string of the molecule is O=C(O)c1ccccc1[C@H]1NCCc2cc(O)c(O)cc21. The average molecular weight is 285 g/mol. The fourth-order valence-electron chi connectivity index (χ4n) is 2.80.